The van der Waals surface area contributed by atoms with Gasteiger partial charge in [-0.1, -0.05) is 5.16 Å². The van der Waals surface area contributed by atoms with Gasteiger partial charge in [0.2, 0.25) is 5.89 Å². The fraction of sp³-hybridized carbons (Fsp3) is 0.556. The molecule has 18 heavy (non-hydrogen) atoms. The van der Waals surface area contributed by atoms with Gasteiger partial charge in [-0.15, -0.1) is 0 Å². The van der Waals surface area contributed by atoms with Crippen molar-refractivity contribution < 1.29 is 19.2 Å². The summed E-state index contributed by atoms with van der Waals surface area (Å²) in [5, 5.41) is 16.8. The van der Waals surface area contributed by atoms with Gasteiger partial charge in [-0.3, -0.25) is 4.79 Å². The van der Waals surface area contributed by atoms with Gasteiger partial charge in [0.25, 0.3) is 0 Å². The molecule has 0 saturated carbocycles. The van der Waals surface area contributed by atoms with E-state index in [0.717, 1.165) is 0 Å². The van der Waals surface area contributed by atoms with Gasteiger partial charge in [0, 0.05) is 0 Å². The number of amides is 2. The highest BCUT2D eigenvalue weighted by atomic mass is 16.5. The van der Waals surface area contributed by atoms with E-state index in [0.29, 0.717) is 5.82 Å². The first kappa shape index (κ1) is 13.9. The van der Waals surface area contributed by atoms with Crippen molar-refractivity contribution in [2.45, 2.75) is 32.5 Å². The Labute approximate surface area is 103 Å². The highest BCUT2D eigenvalue weighted by molar-refractivity contribution is 5.81. The number of rotatable bonds is 5. The molecule has 0 spiro atoms. The first-order chi connectivity index (χ1) is 8.40. The maximum atomic E-state index is 11.3. The van der Waals surface area contributed by atoms with Crippen LogP contribution in [-0.4, -0.2) is 33.3 Å². The zero-order valence-electron chi connectivity index (χ0n) is 10.0. The lowest BCUT2D eigenvalue weighted by Gasteiger charge is -2.09. The third kappa shape index (κ3) is 4.01. The molecule has 0 fully saturated rings. The molecule has 0 bridgehead atoms. The molecule has 2 unspecified atom stereocenters. The molecule has 9 heteroatoms. The summed E-state index contributed by atoms with van der Waals surface area (Å²) in [5.74, 6) is -0.589. The van der Waals surface area contributed by atoms with Crippen molar-refractivity contribution in [3.8, 4) is 0 Å². The summed E-state index contributed by atoms with van der Waals surface area (Å²) in [6, 6.07) is -1.97. The Hall–Kier alpha value is -2.16. The van der Waals surface area contributed by atoms with Crippen LogP contribution >= 0.6 is 0 Å². The normalized spacial score (nSPS) is 13.7. The van der Waals surface area contributed by atoms with Crippen molar-refractivity contribution in [3.05, 3.63) is 11.7 Å². The predicted molar refractivity (Wildman–Crippen MR) is 59.4 cm³/mol. The van der Waals surface area contributed by atoms with E-state index < -0.39 is 18.0 Å². The highest BCUT2D eigenvalue weighted by Gasteiger charge is 2.15. The largest absolute Gasteiger partial charge is 0.480 e. The van der Waals surface area contributed by atoms with Crippen LogP contribution in [0.2, 0.25) is 0 Å². The molecule has 1 heterocycles. The van der Waals surface area contributed by atoms with Crippen molar-refractivity contribution in [2.24, 2.45) is 5.73 Å². The van der Waals surface area contributed by atoms with Gasteiger partial charge in [-0.25, -0.2) is 4.79 Å². The number of nitrogens with two attached hydrogens (primary N) is 1. The van der Waals surface area contributed by atoms with Gasteiger partial charge in [0.1, 0.15) is 6.04 Å². The van der Waals surface area contributed by atoms with Crippen LogP contribution in [0.4, 0.5) is 4.79 Å². The van der Waals surface area contributed by atoms with Crippen LogP contribution in [0.3, 0.4) is 0 Å². The van der Waals surface area contributed by atoms with Crippen LogP contribution in [0.5, 0.6) is 0 Å². The molecule has 1 aromatic heterocycles. The van der Waals surface area contributed by atoms with Gasteiger partial charge in [-0.2, -0.15) is 4.98 Å². The fourth-order valence-electron chi connectivity index (χ4n) is 0.990. The second-order valence-electron chi connectivity index (χ2n) is 3.72. The van der Waals surface area contributed by atoms with E-state index in [1.165, 1.54) is 6.92 Å². The number of nitrogens with one attached hydrogen (secondary N) is 2. The summed E-state index contributed by atoms with van der Waals surface area (Å²) < 4.78 is 4.83. The molecular formula is C9H15N5O4. The lowest BCUT2D eigenvalue weighted by atomic mass is 10.3. The minimum atomic E-state index is -1.12. The van der Waals surface area contributed by atoms with Crippen LogP contribution < -0.4 is 16.4 Å². The number of urea groups is 1. The van der Waals surface area contributed by atoms with E-state index in [4.69, 9.17) is 15.4 Å². The number of hydrogen-bond acceptors (Lipinski definition) is 6. The molecular weight excluding hydrogens is 242 g/mol. The van der Waals surface area contributed by atoms with Crippen LogP contribution in [-0.2, 0) is 11.3 Å². The van der Waals surface area contributed by atoms with E-state index >= 15 is 0 Å². The first-order valence-corrected chi connectivity index (χ1v) is 5.25. The van der Waals surface area contributed by atoms with E-state index in [1.807, 2.05) is 0 Å². The smallest absolute Gasteiger partial charge is 0.325 e. The highest BCUT2D eigenvalue weighted by Crippen LogP contribution is 2.04. The Balaban J connectivity index is 2.40. The summed E-state index contributed by atoms with van der Waals surface area (Å²) in [7, 11) is 0. The Morgan fingerprint density at radius 2 is 2.17 bits per heavy atom. The van der Waals surface area contributed by atoms with Crippen molar-refractivity contribution in [1.82, 2.24) is 20.8 Å². The summed E-state index contributed by atoms with van der Waals surface area (Å²) in [6.07, 6.45) is 0. The summed E-state index contributed by atoms with van der Waals surface area (Å²) in [6.45, 7) is 3.05. The maximum absolute atomic E-state index is 11.3. The van der Waals surface area contributed by atoms with Crippen molar-refractivity contribution in [3.63, 3.8) is 0 Å². The standard InChI is InChI=1S/C9H15N5O4/c1-4(10)7-13-6(18-14-7)3-11-9(17)12-5(2)8(15)16/h4-5H,3,10H2,1-2H3,(H,15,16)(H2,11,12,17). The number of carboxylic acids is 1. The topological polar surface area (TPSA) is 143 Å². The summed E-state index contributed by atoms with van der Waals surface area (Å²) in [4.78, 5) is 25.7. The number of hydrogen-bond donors (Lipinski definition) is 4. The molecule has 2 amide bonds. The SMILES string of the molecule is CC(NC(=O)NCc1nc(C(C)N)no1)C(=O)O. The van der Waals surface area contributed by atoms with Crippen molar-refractivity contribution >= 4 is 12.0 Å². The molecule has 1 aromatic rings. The number of carbonyl (C=O) groups is 2. The molecule has 5 N–H and O–H groups in total. The predicted octanol–water partition coefficient (Wildman–Crippen LogP) is -0.638. The molecule has 0 aromatic carbocycles. The third-order valence-electron chi connectivity index (χ3n) is 2.01. The van der Waals surface area contributed by atoms with Crippen LogP contribution in [0.25, 0.3) is 0 Å². The molecule has 0 aliphatic rings. The number of nitrogens with zero attached hydrogens (tertiary/aromatic N) is 2. The van der Waals surface area contributed by atoms with Crippen LogP contribution in [0.15, 0.2) is 4.52 Å². The molecule has 9 nitrogen and oxygen atoms in total. The van der Waals surface area contributed by atoms with Crippen LogP contribution in [0.1, 0.15) is 31.6 Å². The number of aromatic nitrogens is 2. The number of carboxylic acid groups (broad SMARTS) is 1. The average Bonchev–Trinajstić information content (AvgIpc) is 2.74. The van der Waals surface area contributed by atoms with Gasteiger partial charge >= 0.3 is 12.0 Å². The molecule has 2 atom stereocenters. The minimum absolute atomic E-state index is 0.00209. The van der Waals surface area contributed by atoms with Gasteiger partial charge in [0.05, 0.1) is 12.6 Å². The molecule has 0 aliphatic carbocycles. The summed E-state index contributed by atoms with van der Waals surface area (Å²) in [5.41, 5.74) is 5.53. The Morgan fingerprint density at radius 1 is 1.50 bits per heavy atom. The summed E-state index contributed by atoms with van der Waals surface area (Å²) >= 11 is 0. The van der Waals surface area contributed by atoms with Crippen molar-refractivity contribution in [1.29, 1.82) is 0 Å². The van der Waals surface area contributed by atoms with Gasteiger partial charge in [0.15, 0.2) is 5.82 Å². The monoisotopic (exact) mass is 257 g/mol. The first-order valence-electron chi connectivity index (χ1n) is 5.25. The number of aliphatic carboxylic acids is 1. The average molecular weight is 257 g/mol. The lowest BCUT2D eigenvalue weighted by molar-refractivity contribution is -0.138. The lowest BCUT2D eigenvalue weighted by Crippen LogP contribution is -2.44. The van der Waals surface area contributed by atoms with E-state index in [9.17, 15) is 9.59 Å². The quantitative estimate of drug-likeness (QED) is 0.549. The molecule has 1 rings (SSSR count). The van der Waals surface area contributed by atoms with E-state index in [-0.39, 0.29) is 18.5 Å². The Bertz CT molecular complexity index is 430. The molecule has 100 valence electrons. The number of carbonyl (C=O) groups excluding carboxylic acids is 1. The van der Waals surface area contributed by atoms with Crippen LogP contribution in [0, 0.1) is 0 Å². The Morgan fingerprint density at radius 3 is 2.67 bits per heavy atom. The van der Waals surface area contributed by atoms with Gasteiger partial charge < -0.3 is 26.0 Å². The van der Waals surface area contributed by atoms with E-state index in [1.54, 1.807) is 6.92 Å². The maximum Gasteiger partial charge on any atom is 0.325 e. The second-order valence-corrected chi connectivity index (χ2v) is 3.72. The molecule has 0 saturated heterocycles. The third-order valence-corrected chi connectivity index (χ3v) is 2.01. The zero-order valence-corrected chi connectivity index (χ0v) is 10.0. The Kier molecular flexibility index (Phi) is 4.60. The van der Waals surface area contributed by atoms with Crippen molar-refractivity contribution in [2.75, 3.05) is 0 Å². The molecule has 0 aliphatic heterocycles. The van der Waals surface area contributed by atoms with E-state index in [2.05, 4.69) is 20.8 Å². The zero-order chi connectivity index (χ0) is 13.7. The molecule has 0 radical (unpaired) electrons. The minimum Gasteiger partial charge on any atom is -0.480 e. The fourth-order valence-corrected chi connectivity index (χ4v) is 0.990. The van der Waals surface area contributed by atoms with Gasteiger partial charge in [-0.05, 0) is 13.8 Å². The second kappa shape index (κ2) is 5.96.